The van der Waals surface area contributed by atoms with E-state index in [4.69, 9.17) is 0 Å². The number of halogens is 26. The molecule has 0 spiro atoms. The first-order valence-corrected chi connectivity index (χ1v) is 17.6. The van der Waals surface area contributed by atoms with Gasteiger partial charge in [0, 0.05) is 71.2 Å². The molecule has 1 saturated heterocycles. The molecule has 2 unspecified atom stereocenters. The number of nitrogens with zero attached hydrogens (tertiary/aromatic N) is 4. The quantitative estimate of drug-likeness (QED) is 0.100. The van der Waals surface area contributed by atoms with E-state index >= 15 is 17.6 Å². The maximum atomic E-state index is 15.4. The topological polar surface area (TPSA) is 145 Å². The molecule has 11 nitrogen and oxygen atoms in total. The lowest BCUT2D eigenvalue weighted by molar-refractivity contribution is -0.442. The van der Waals surface area contributed by atoms with E-state index in [0.717, 1.165) is 4.90 Å². The van der Waals surface area contributed by atoms with Crippen LogP contribution in [-0.2, 0) is 14.4 Å². The highest BCUT2D eigenvalue weighted by molar-refractivity contribution is 5.70. The smallest absolute Gasteiger partial charge is 0.460 e. The SMILES string of the molecule is O=C(O)CN1CCN(CC(=O)O)CCN(C(CC(F)(F)C(F)(F)C(F)(F)C(F)(F)C(F)(F)C(F)(F)F)C(O)CC(F)(F)C(F)(F)C(F)(F)C(F)(F)C(F)(F)C(F)(F)F)CCN(CC(=O)O)CC1. The first-order valence-electron chi connectivity index (χ1n) is 17.6. The predicted molar refractivity (Wildman–Crippen MR) is 164 cm³/mol. The lowest BCUT2D eigenvalue weighted by atomic mass is 9.86. The van der Waals surface area contributed by atoms with Crippen LogP contribution in [0.5, 0.6) is 0 Å². The minimum absolute atomic E-state index is 0.408. The van der Waals surface area contributed by atoms with Crippen LogP contribution in [0.3, 0.4) is 0 Å². The summed E-state index contributed by atoms with van der Waals surface area (Å²) < 4.78 is 363. The van der Waals surface area contributed by atoms with Crippen molar-refractivity contribution in [1.82, 2.24) is 19.6 Å². The van der Waals surface area contributed by atoms with E-state index in [1.165, 1.54) is 0 Å². The zero-order valence-electron chi connectivity index (χ0n) is 32.5. The van der Waals surface area contributed by atoms with Crippen molar-refractivity contribution in [1.29, 1.82) is 0 Å². The van der Waals surface area contributed by atoms with Gasteiger partial charge in [-0.25, -0.2) is 0 Å². The van der Waals surface area contributed by atoms with Crippen molar-refractivity contribution >= 4 is 17.9 Å². The largest absolute Gasteiger partial charge is 0.480 e. The molecule has 0 aromatic heterocycles. The Kier molecular flexibility index (Phi) is 18.3. The fraction of sp³-hybridized carbons (Fsp3) is 0.900. The molecule has 2 atom stereocenters. The second-order valence-corrected chi connectivity index (χ2v) is 14.6. The van der Waals surface area contributed by atoms with Crippen molar-refractivity contribution in [2.75, 3.05) is 72.0 Å². The van der Waals surface area contributed by atoms with Crippen molar-refractivity contribution in [2.24, 2.45) is 0 Å². The van der Waals surface area contributed by atoms with Crippen LogP contribution in [0.4, 0.5) is 114 Å². The summed E-state index contributed by atoms with van der Waals surface area (Å²) >= 11 is 0. The minimum Gasteiger partial charge on any atom is -0.480 e. The van der Waals surface area contributed by atoms with Crippen molar-refractivity contribution in [3.05, 3.63) is 0 Å². The van der Waals surface area contributed by atoms with Crippen LogP contribution in [0, 0.1) is 0 Å². The Bertz CT molecular complexity index is 1680. The average Bonchev–Trinajstić information content (AvgIpc) is 3.11. The van der Waals surface area contributed by atoms with Crippen molar-refractivity contribution in [3.8, 4) is 0 Å². The number of aliphatic carboxylic acids is 3. The maximum absolute atomic E-state index is 15.4. The fourth-order valence-electron chi connectivity index (χ4n) is 5.96. The predicted octanol–water partition coefficient (Wildman–Crippen LogP) is 6.45. The molecule has 0 radical (unpaired) electrons. The highest BCUT2D eigenvalue weighted by atomic mass is 19.4. The summed E-state index contributed by atoms with van der Waals surface area (Å²) in [6.07, 6.45) is -28.6. The second-order valence-electron chi connectivity index (χ2n) is 14.6. The highest BCUT2D eigenvalue weighted by Crippen LogP contribution is 2.63. The summed E-state index contributed by atoms with van der Waals surface area (Å²) in [7, 11) is 0. The number of carboxylic acid groups (broad SMARTS) is 3. The standard InChI is InChI=1S/C30H32F26N4O7/c31-19(32,21(35,36)23(39,40)25(43,44)27(47,48)29(51,52)53)9-14(15(61)10-20(33,34)22(37,38)24(41,42)26(45,46)28(49,50)30(54,55)56)60-7-5-58(12-17(64)65)3-1-57(11-16(62)63)2-4-59(6-8-60)13-18(66)67/h14-15,61H,1-13H2,(H,62,63)(H,64,65)(H,66,67). The fourth-order valence-corrected chi connectivity index (χ4v) is 5.96. The molecule has 0 bridgehead atoms. The number of hydrogen-bond donors (Lipinski definition) is 4. The van der Waals surface area contributed by atoms with Crippen LogP contribution < -0.4 is 0 Å². The lowest BCUT2D eigenvalue weighted by Gasteiger charge is -2.44. The molecule has 0 aliphatic carbocycles. The molecule has 4 N–H and O–H groups in total. The Morgan fingerprint density at radius 1 is 0.358 bits per heavy atom. The van der Waals surface area contributed by atoms with Gasteiger partial charge in [-0.05, 0) is 0 Å². The van der Waals surface area contributed by atoms with Gasteiger partial charge in [0.15, 0.2) is 0 Å². The Morgan fingerprint density at radius 2 is 0.582 bits per heavy atom. The second kappa shape index (κ2) is 20.0. The number of hydrogen-bond acceptors (Lipinski definition) is 8. The molecule has 0 aromatic rings. The number of aliphatic hydroxyl groups is 1. The van der Waals surface area contributed by atoms with Gasteiger partial charge in [-0.1, -0.05) is 0 Å². The molecule has 67 heavy (non-hydrogen) atoms. The first kappa shape index (κ1) is 61.4. The van der Waals surface area contributed by atoms with Crippen LogP contribution in [0.25, 0.3) is 0 Å². The molecule has 1 aliphatic heterocycles. The zero-order valence-corrected chi connectivity index (χ0v) is 32.5. The summed E-state index contributed by atoms with van der Waals surface area (Å²) in [5, 5.41) is 38.3. The number of rotatable bonds is 20. The molecule has 1 aliphatic rings. The van der Waals surface area contributed by atoms with Gasteiger partial charge >= 0.3 is 89.5 Å². The summed E-state index contributed by atoms with van der Waals surface area (Å²) in [6, 6.07) is -4.16. The van der Waals surface area contributed by atoms with Gasteiger partial charge in [-0.3, -0.25) is 34.0 Å². The number of alkyl halides is 26. The molecule has 0 saturated carbocycles. The van der Waals surface area contributed by atoms with Crippen LogP contribution in [0.1, 0.15) is 12.8 Å². The van der Waals surface area contributed by atoms with E-state index in [1.54, 1.807) is 0 Å². The van der Waals surface area contributed by atoms with Gasteiger partial charge in [0.05, 0.1) is 25.7 Å². The lowest BCUT2D eigenvalue weighted by Crippen LogP contribution is -2.71. The highest BCUT2D eigenvalue weighted by Gasteiger charge is 2.92. The normalized spacial score (nSPS) is 19.4. The number of carbonyl (C=O) groups is 3. The first-order chi connectivity index (χ1) is 29.4. The van der Waals surface area contributed by atoms with E-state index in [-0.39, 0.29) is 0 Å². The van der Waals surface area contributed by atoms with E-state index in [2.05, 4.69) is 0 Å². The third-order valence-electron chi connectivity index (χ3n) is 9.79. The molecule has 396 valence electrons. The third kappa shape index (κ3) is 12.2. The maximum Gasteiger partial charge on any atom is 0.460 e. The molecule has 1 heterocycles. The van der Waals surface area contributed by atoms with E-state index < -0.39 is 191 Å². The Labute approximate surface area is 355 Å². The molecular formula is C30H32F26N4O7. The van der Waals surface area contributed by atoms with Crippen LogP contribution in [-0.4, -0.2) is 214 Å². The summed E-state index contributed by atoms with van der Waals surface area (Å²) in [5.74, 6) is -88.9. The molecule has 1 fully saturated rings. The van der Waals surface area contributed by atoms with Crippen molar-refractivity contribution < 1.29 is 149 Å². The average molecular weight is 1050 g/mol. The Morgan fingerprint density at radius 3 is 0.821 bits per heavy atom. The monoisotopic (exact) mass is 1050 g/mol. The number of carboxylic acids is 3. The van der Waals surface area contributed by atoms with Crippen LogP contribution >= 0.6 is 0 Å². The van der Waals surface area contributed by atoms with Gasteiger partial charge in [0.25, 0.3) is 0 Å². The Balaban J connectivity index is 4.25. The summed E-state index contributed by atoms with van der Waals surface area (Å²) in [6.45, 7) is -12.3. The van der Waals surface area contributed by atoms with Crippen molar-refractivity contribution in [2.45, 2.75) is 96.6 Å². The van der Waals surface area contributed by atoms with E-state index in [1.807, 2.05) is 0 Å². The Hall–Kier alpha value is -3.61. The molecular weight excluding hydrogens is 1020 g/mol. The third-order valence-corrected chi connectivity index (χ3v) is 9.79. The van der Waals surface area contributed by atoms with Crippen LogP contribution in [0.15, 0.2) is 0 Å². The van der Waals surface area contributed by atoms with Gasteiger partial charge in [-0.15, -0.1) is 0 Å². The summed E-state index contributed by atoms with van der Waals surface area (Å²) in [5.41, 5.74) is 0. The van der Waals surface area contributed by atoms with E-state index in [9.17, 15) is 131 Å². The minimum atomic E-state index is -8.72. The van der Waals surface area contributed by atoms with Gasteiger partial charge < -0.3 is 20.4 Å². The van der Waals surface area contributed by atoms with Gasteiger partial charge in [0.1, 0.15) is 0 Å². The van der Waals surface area contributed by atoms with Gasteiger partial charge in [0.2, 0.25) is 0 Å². The molecule has 1 rings (SSSR count). The molecule has 37 heteroatoms. The zero-order chi connectivity index (χ0) is 53.4. The van der Waals surface area contributed by atoms with Crippen LogP contribution in [0.2, 0.25) is 0 Å². The molecule has 0 aromatic carbocycles. The van der Waals surface area contributed by atoms with Crippen molar-refractivity contribution in [3.63, 3.8) is 0 Å². The summed E-state index contributed by atoms with van der Waals surface area (Å²) in [4.78, 5) is 36.0. The van der Waals surface area contributed by atoms with Gasteiger partial charge in [-0.2, -0.15) is 114 Å². The number of aliphatic hydroxyl groups excluding tert-OH is 1. The molecule has 0 amide bonds. The van der Waals surface area contributed by atoms with E-state index in [0.29, 0.717) is 9.80 Å².